The lowest BCUT2D eigenvalue weighted by molar-refractivity contribution is -0.137. The number of hydrogen-bond acceptors (Lipinski definition) is 3. The molecule has 108 valence electrons. The van der Waals surface area contributed by atoms with Crippen LogP contribution in [0.15, 0.2) is 54.6 Å². The summed E-state index contributed by atoms with van der Waals surface area (Å²) in [5.74, 6) is 0.145. The molecule has 0 atom stereocenters. The Hall–Kier alpha value is -2.62. The van der Waals surface area contributed by atoms with Gasteiger partial charge in [0.05, 0.1) is 5.56 Å². The second-order valence-corrected chi connectivity index (χ2v) is 4.58. The Morgan fingerprint density at radius 2 is 1.57 bits per heavy atom. The van der Waals surface area contributed by atoms with E-state index in [-0.39, 0.29) is 18.6 Å². The Labute approximate surface area is 123 Å². The van der Waals surface area contributed by atoms with Crippen molar-refractivity contribution >= 4 is 11.8 Å². The van der Waals surface area contributed by atoms with Gasteiger partial charge in [0.2, 0.25) is 0 Å². The van der Waals surface area contributed by atoms with Gasteiger partial charge in [-0.1, -0.05) is 30.3 Å². The third-order valence-electron chi connectivity index (χ3n) is 2.95. The number of ketones is 1. The molecule has 21 heavy (non-hydrogen) atoms. The van der Waals surface area contributed by atoms with Crippen LogP contribution in [0.25, 0.3) is 0 Å². The van der Waals surface area contributed by atoms with Gasteiger partial charge >= 0.3 is 5.97 Å². The highest BCUT2D eigenvalue weighted by molar-refractivity contribution is 5.98. The fourth-order valence-electron chi connectivity index (χ4n) is 1.94. The maximum atomic E-state index is 12.2. The van der Waals surface area contributed by atoms with Gasteiger partial charge in [0, 0.05) is 12.8 Å². The second kappa shape index (κ2) is 7.24. The van der Waals surface area contributed by atoms with Crippen molar-refractivity contribution in [2.75, 3.05) is 0 Å². The first-order chi connectivity index (χ1) is 10.2. The Morgan fingerprint density at radius 3 is 2.29 bits per heavy atom. The van der Waals surface area contributed by atoms with Crippen LogP contribution in [0.5, 0.6) is 11.5 Å². The van der Waals surface area contributed by atoms with E-state index in [0.29, 0.717) is 23.5 Å². The molecule has 0 fully saturated rings. The Balaban J connectivity index is 2.09. The van der Waals surface area contributed by atoms with Gasteiger partial charge in [-0.15, -0.1) is 0 Å². The van der Waals surface area contributed by atoms with Crippen LogP contribution in [-0.4, -0.2) is 16.9 Å². The van der Waals surface area contributed by atoms with Crippen molar-refractivity contribution < 1.29 is 19.4 Å². The van der Waals surface area contributed by atoms with E-state index in [1.807, 2.05) is 30.3 Å². The van der Waals surface area contributed by atoms with Crippen molar-refractivity contribution in [3.8, 4) is 11.5 Å². The molecule has 0 saturated heterocycles. The number of carbonyl (C=O) groups is 2. The minimum Gasteiger partial charge on any atom is -0.481 e. The number of para-hydroxylation sites is 2. The monoisotopic (exact) mass is 284 g/mol. The van der Waals surface area contributed by atoms with Crippen molar-refractivity contribution in [2.45, 2.75) is 19.3 Å². The van der Waals surface area contributed by atoms with E-state index in [1.54, 1.807) is 24.3 Å². The molecule has 0 amide bonds. The molecule has 2 rings (SSSR count). The molecule has 0 radical (unpaired) electrons. The summed E-state index contributed by atoms with van der Waals surface area (Å²) in [4.78, 5) is 22.7. The third-order valence-corrected chi connectivity index (χ3v) is 2.95. The normalized spacial score (nSPS) is 10.1. The number of hydrogen-bond donors (Lipinski definition) is 1. The van der Waals surface area contributed by atoms with Crippen LogP contribution in [0.2, 0.25) is 0 Å². The molecule has 0 aliphatic rings. The highest BCUT2D eigenvalue weighted by Crippen LogP contribution is 2.26. The van der Waals surface area contributed by atoms with Crippen LogP contribution in [0.4, 0.5) is 0 Å². The number of benzene rings is 2. The molecule has 0 spiro atoms. The number of carboxylic acids is 1. The maximum Gasteiger partial charge on any atom is 0.303 e. The minimum atomic E-state index is -0.892. The number of carbonyl (C=O) groups excluding carboxylic acids is 1. The zero-order valence-corrected chi connectivity index (χ0v) is 11.5. The van der Waals surface area contributed by atoms with Crippen LogP contribution in [-0.2, 0) is 4.79 Å². The second-order valence-electron chi connectivity index (χ2n) is 4.58. The Bertz CT molecular complexity index is 620. The molecular formula is C17H16O4. The fraction of sp³-hybridized carbons (Fsp3) is 0.176. The summed E-state index contributed by atoms with van der Waals surface area (Å²) in [6, 6.07) is 16.2. The summed E-state index contributed by atoms with van der Waals surface area (Å²) in [6.07, 6.45) is 0.517. The van der Waals surface area contributed by atoms with E-state index in [1.165, 1.54) is 0 Å². The van der Waals surface area contributed by atoms with Crippen LogP contribution in [0.1, 0.15) is 29.6 Å². The number of rotatable bonds is 7. The lowest BCUT2D eigenvalue weighted by Gasteiger charge is -2.10. The van der Waals surface area contributed by atoms with Crippen molar-refractivity contribution in [1.82, 2.24) is 0 Å². The van der Waals surface area contributed by atoms with Crippen molar-refractivity contribution in [3.63, 3.8) is 0 Å². The first-order valence-corrected chi connectivity index (χ1v) is 6.74. The van der Waals surface area contributed by atoms with E-state index in [2.05, 4.69) is 0 Å². The highest BCUT2D eigenvalue weighted by Gasteiger charge is 2.13. The first kappa shape index (κ1) is 14.8. The van der Waals surface area contributed by atoms with Crippen molar-refractivity contribution in [1.29, 1.82) is 0 Å². The molecule has 2 aromatic rings. The van der Waals surface area contributed by atoms with Crippen molar-refractivity contribution in [3.05, 3.63) is 60.2 Å². The molecule has 4 nitrogen and oxygen atoms in total. The molecule has 0 bridgehead atoms. The zero-order valence-electron chi connectivity index (χ0n) is 11.5. The van der Waals surface area contributed by atoms with Crippen LogP contribution < -0.4 is 4.74 Å². The molecular weight excluding hydrogens is 268 g/mol. The van der Waals surface area contributed by atoms with Crippen LogP contribution in [0.3, 0.4) is 0 Å². The van der Waals surface area contributed by atoms with Gasteiger partial charge in [-0.2, -0.15) is 0 Å². The molecule has 0 saturated carbocycles. The summed E-state index contributed by atoms with van der Waals surface area (Å²) in [6.45, 7) is 0. The standard InChI is InChI=1S/C17H16O4/c18-15(10-6-12-17(19)20)14-9-4-5-11-16(14)21-13-7-2-1-3-8-13/h1-5,7-9,11H,6,10,12H2,(H,19,20). The lowest BCUT2D eigenvalue weighted by atomic mass is 10.0. The molecule has 0 aliphatic carbocycles. The van der Waals surface area contributed by atoms with Gasteiger partial charge in [0.15, 0.2) is 5.78 Å². The summed E-state index contributed by atoms with van der Waals surface area (Å²) in [5.41, 5.74) is 0.478. The molecule has 0 aromatic heterocycles. The van der Waals surface area contributed by atoms with E-state index in [0.717, 1.165) is 0 Å². The van der Waals surface area contributed by atoms with E-state index in [9.17, 15) is 9.59 Å². The summed E-state index contributed by atoms with van der Waals surface area (Å²) in [5, 5.41) is 8.61. The SMILES string of the molecule is O=C(O)CCCC(=O)c1ccccc1Oc1ccccc1. The molecule has 0 heterocycles. The largest absolute Gasteiger partial charge is 0.481 e. The van der Waals surface area contributed by atoms with Gasteiger partial charge in [0.25, 0.3) is 0 Å². The molecule has 1 N–H and O–H groups in total. The summed E-state index contributed by atoms with van der Waals surface area (Å²) >= 11 is 0. The van der Waals surface area contributed by atoms with Gasteiger partial charge in [-0.25, -0.2) is 0 Å². The van der Waals surface area contributed by atoms with Gasteiger partial charge < -0.3 is 9.84 Å². The predicted molar refractivity (Wildman–Crippen MR) is 78.8 cm³/mol. The average molecular weight is 284 g/mol. The molecule has 0 unspecified atom stereocenters. The van der Waals surface area contributed by atoms with E-state index < -0.39 is 5.97 Å². The molecule has 4 heteroatoms. The van der Waals surface area contributed by atoms with Crippen LogP contribution in [0, 0.1) is 0 Å². The third kappa shape index (κ3) is 4.45. The zero-order chi connectivity index (χ0) is 15.1. The number of Topliss-reactive ketones (excluding diaryl/α,β-unsaturated/α-hetero) is 1. The summed E-state index contributed by atoms with van der Waals surface area (Å²) in [7, 11) is 0. The Kier molecular flexibility index (Phi) is 5.10. The molecule has 0 aliphatic heterocycles. The van der Waals surface area contributed by atoms with Gasteiger partial charge in [-0.3, -0.25) is 9.59 Å². The van der Waals surface area contributed by atoms with Gasteiger partial charge in [0.1, 0.15) is 11.5 Å². The topological polar surface area (TPSA) is 63.6 Å². The van der Waals surface area contributed by atoms with E-state index in [4.69, 9.17) is 9.84 Å². The van der Waals surface area contributed by atoms with Crippen LogP contribution >= 0.6 is 0 Å². The maximum absolute atomic E-state index is 12.2. The lowest BCUT2D eigenvalue weighted by Crippen LogP contribution is -2.03. The predicted octanol–water partition coefficient (Wildman–Crippen LogP) is 3.92. The number of aliphatic carboxylic acids is 1. The first-order valence-electron chi connectivity index (χ1n) is 6.74. The number of ether oxygens (including phenoxy) is 1. The fourth-order valence-corrected chi connectivity index (χ4v) is 1.94. The minimum absolute atomic E-state index is 0.00650. The smallest absolute Gasteiger partial charge is 0.303 e. The summed E-state index contributed by atoms with van der Waals surface area (Å²) < 4.78 is 5.72. The number of carboxylic acid groups (broad SMARTS) is 1. The van der Waals surface area contributed by atoms with E-state index >= 15 is 0 Å². The molecule has 2 aromatic carbocycles. The van der Waals surface area contributed by atoms with Gasteiger partial charge in [-0.05, 0) is 30.7 Å². The Morgan fingerprint density at radius 1 is 0.905 bits per heavy atom. The highest BCUT2D eigenvalue weighted by atomic mass is 16.5. The quantitative estimate of drug-likeness (QED) is 0.783. The van der Waals surface area contributed by atoms with Crippen molar-refractivity contribution in [2.24, 2.45) is 0 Å². The average Bonchev–Trinajstić information content (AvgIpc) is 2.48.